The normalized spacial score (nSPS) is 11.0. The van der Waals surface area contributed by atoms with Gasteiger partial charge in [-0.15, -0.1) is 0 Å². The lowest BCUT2D eigenvalue weighted by atomic mass is 10.1. The van der Waals surface area contributed by atoms with Gasteiger partial charge in [0.1, 0.15) is 12.1 Å². The van der Waals surface area contributed by atoms with Gasteiger partial charge in [0.15, 0.2) is 5.82 Å². The van der Waals surface area contributed by atoms with Gasteiger partial charge in [-0.1, -0.05) is 24.3 Å². The molecule has 0 bridgehead atoms. The zero-order chi connectivity index (χ0) is 18.5. The number of carbonyl (C=O) groups is 1. The third-order valence-corrected chi connectivity index (χ3v) is 4.54. The minimum absolute atomic E-state index is 0.117. The highest BCUT2D eigenvalue weighted by molar-refractivity contribution is 8.14. The largest absolute Gasteiger partial charge is 0.507 e. The number of hydrogen-bond donors (Lipinski definition) is 1. The summed E-state index contributed by atoms with van der Waals surface area (Å²) in [5.41, 5.74) is 2.52. The molecule has 0 saturated heterocycles. The van der Waals surface area contributed by atoms with E-state index >= 15 is 0 Å². The van der Waals surface area contributed by atoms with E-state index in [9.17, 15) is 9.90 Å². The zero-order valence-corrected chi connectivity index (χ0v) is 15.2. The lowest BCUT2D eigenvalue weighted by Crippen LogP contribution is -2.04. The topological polar surface area (TPSA) is 76.0 Å². The summed E-state index contributed by atoms with van der Waals surface area (Å²) in [6.07, 6.45) is 4.89. The van der Waals surface area contributed by atoms with Crippen LogP contribution in [0.2, 0.25) is 0 Å². The van der Waals surface area contributed by atoms with Crippen molar-refractivity contribution in [2.75, 3.05) is 0 Å². The maximum Gasteiger partial charge on any atom is 0.261 e. The number of benzene rings is 2. The Balaban J connectivity index is 1.78. The number of aromatic nitrogens is 3. The van der Waals surface area contributed by atoms with E-state index in [1.807, 2.05) is 62.4 Å². The van der Waals surface area contributed by atoms with Crippen molar-refractivity contribution in [2.24, 2.45) is 0 Å². The minimum atomic E-state index is -0.232. The Kier molecular flexibility index (Phi) is 5.43. The molecule has 0 aliphatic carbocycles. The van der Waals surface area contributed by atoms with Gasteiger partial charge in [0.05, 0.1) is 0 Å². The number of rotatable bonds is 4. The van der Waals surface area contributed by atoms with Crippen LogP contribution in [0.15, 0.2) is 53.7 Å². The first-order valence-electron chi connectivity index (χ1n) is 7.97. The second-order valence-corrected chi connectivity index (χ2v) is 6.75. The lowest BCUT2D eigenvalue weighted by molar-refractivity contribution is 0.108. The van der Waals surface area contributed by atoms with Crippen LogP contribution in [0, 0.1) is 13.8 Å². The van der Waals surface area contributed by atoms with Crippen molar-refractivity contribution in [1.82, 2.24) is 15.0 Å². The first kappa shape index (κ1) is 17.8. The maximum atomic E-state index is 12.3. The molecule has 3 rings (SSSR count). The van der Waals surface area contributed by atoms with E-state index < -0.39 is 0 Å². The van der Waals surface area contributed by atoms with Crippen LogP contribution in [-0.4, -0.2) is 25.2 Å². The molecule has 0 aliphatic rings. The molecule has 26 heavy (non-hydrogen) atoms. The third-order valence-electron chi connectivity index (χ3n) is 3.67. The second kappa shape index (κ2) is 7.93. The predicted octanol–water partition coefficient (Wildman–Crippen LogP) is 4.30. The molecule has 1 N–H and O–H groups in total. The summed E-state index contributed by atoms with van der Waals surface area (Å²) >= 11 is 1.08. The molecule has 1 aromatic heterocycles. The molecule has 3 aromatic rings. The van der Waals surface area contributed by atoms with E-state index in [0.717, 1.165) is 33.3 Å². The van der Waals surface area contributed by atoms with Crippen LogP contribution in [0.25, 0.3) is 12.2 Å². The van der Waals surface area contributed by atoms with Crippen molar-refractivity contribution >= 4 is 29.0 Å². The van der Waals surface area contributed by atoms with E-state index in [-0.39, 0.29) is 10.9 Å². The Morgan fingerprint density at radius 2 is 1.73 bits per heavy atom. The average molecular weight is 363 g/mol. The maximum absolute atomic E-state index is 12.3. The second-order valence-electron chi connectivity index (χ2n) is 5.71. The van der Waals surface area contributed by atoms with Crippen molar-refractivity contribution in [3.8, 4) is 5.75 Å². The van der Waals surface area contributed by atoms with Gasteiger partial charge in [-0.25, -0.2) is 15.0 Å². The molecule has 0 amide bonds. The van der Waals surface area contributed by atoms with E-state index in [0.29, 0.717) is 11.6 Å². The van der Waals surface area contributed by atoms with Crippen LogP contribution >= 0.6 is 11.8 Å². The van der Waals surface area contributed by atoms with Gasteiger partial charge in [0.2, 0.25) is 5.82 Å². The number of phenols is 1. The van der Waals surface area contributed by atoms with Crippen molar-refractivity contribution in [3.05, 3.63) is 77.1 Å². The van der Waals surface area contributed by atoms with Gasteiger partial charge in [-0.3, -0.25) is 4.79 Å². The summed E-state index contributed by atoms with van der Waals surface area (Å²) in [4.78, 5) is 25.4. The molecule has 0 atom stereocenters. The van der Waals surface area contributed by atoms with Crippen LogP contribution in [0.3, 0.4) is 0 Å². The Labute approximate surface area is 155 Å². The summed E-state index contributed by atoms with van der Waals surface area (Å²) in [7, 11) is 0. The molecular weight excluding hydrogens is 346 g/mol. The lowest BCUT2D eigenvalue weighted by Gasteiger charge is -2.04. The summed E-state index contributed by atoms with van der Waals surface area (Å²) < 4.78 is 0. The van der Waals surface area contributed by atoms with Crippen molar-refractivity contribution in [2.45, 2.75) is 18.7 Å². The number of thioether (sulfide) groups is 1. The third kappa shape index (κ3) is 4.34. The van der Waals surface area contributed by atoms with E-state index in [4.69, 9.17) is 0 Å². The molecule has 1 heterocycles. The monoisotopic (exact) mass is 363 g/mol. The van der Waals surface area contributed by atoms with E-state index in [1.165, 1.54) is 6.33 Å². The average Bonchev–Trinajstić information content (AvgIpc) is 2.65. The fourth-order valence-electron chi connectivity index (χ4n) is 2.39. The van der Waals surface area contributed by atoms with Crippen LogP contribution in [0.4, 0.5) is 0 Å². The smallest absolute Gasteiger partial charge is 0.261 e. The summed E-state index contributed by atoms with van der Waals surface area (Å²) in [5, 5.41) is 9.61. The molecule has 2 aromatic carbocycles. The Bertz CT molecular complexity index is 949. The molecular formula is C20H17N3O2S. The Hall–Kier alpha value is -2.99. The van der Waals surface area contributed by atoms with Gasteiger partial charge in [0.25, 0.3) is 5.12 Å². The minimum Gasteiger partial charge on any atom is -0.507 e. The highest BCUT2D eigenvalue weighted by Crippen LogP contribution is 2.24. The first-order chi connectivity index (χ1) is 12.5. The Morgan fingerprint density at radius 3 is 2.42 bits per heavy atom. The van der Waals surface area contributed by atoms with Crippen LogP contribution in [-0.2, 0) is 0 Å². The van der Waals surface area contributed by atoms with Crippen molar-refractivity contribution in [1.29, 1.82) is 0 Å². The molecule has 0 saturated carbocycles. The molecule has 0 fully saturated rings. The van der Waals surface area contributed by atoms with E-state index in [1.54, 1.807) is 6.08 Å². The zero-order valence-electron chi connectivity index (χ0n) is 14.4. The molecule has 0 aliphatic heterocycles. The van der Waals surface area contributed by atoms with Crippen molar-refractivity contribution in [3.63, 3.8) is 0 Å². The van der Waals surface area contributed by atoms with Crippen molar-refractivity contribution < 1.29 is 9.90 Å². The van der Waals surface area contributed by atoms with Gasteiger partial charge in [-0.2, -0.15) is 0 Å². The highest BCUT2D eigenvalue weighted by atomic mass is 32.2. The number of aryl methyl sites for hydroxylation is 2. The molecule has 130 valence electrons. The predicted molar refractivity (Wildman–Crippen MR) is 103 cm³/mol. The highest BCUT2D eigenvalue weighted by Gasteiger charge is 2.12. The molecule has 6 heteroatoms. The molecule has 0 unspecified atom stereocenters. The quantitative estimate of drug-likeness (QED) is 0.697. The summed E-state index contributed by atoms with van der Waals surface area (Å²) in [6.45, 7) is 3.69. The van der Waals surface area contributed by atoms with Crippen LogP contribution in [0.1, 0.15) is 33.1 Å². The molecule has 0 spiro atoms. The Morgan fingerprint density at radius 1 is 1.04 bits per heavy atom. The van der Waals surface area contributed by atoms with Gasteiger partial charge >= 0.3 is 0 Å². The SMILES string of the molecule is Cc1cc(C=Cc2ncnc(C(=O)Sc3ccccc3)n2)cc(C)c1O. The molecule has 0 radical (unpaired) electrons. The standard InChI is InChI=1S/C20H17N3O2S/c1-13-10-15(11-14(2)18(13)24)8-9-17-21-12-22-19(23-17)20(25)26-16-6-4-3-5-7-16/h3-12,24H,1-2H3. The number of carbonyl (C=O) groups excluding carboxylic acids is 1. The first-order valence-corrected chi connectivity index (χ1v) is 8.79. The summed E-state index contributed by atoms with van der Waals surface area (Å²) in [5.74, 6) is 0.820. The fourth-order valence-corrected chi connectivity index (χ4v) is 3.08. The van der Waals surface area contributed by atoms with Gasteiger partial charge in [0, 0.05) is 4.90 Å². The number of nitrogens with zero attached hydrogens (tertiary/aromatic N) is 3. The van der Waals surface area contributed by atoms with Gasteiger partial charge < -0.3 is 5.11 Å². The van der Waals surface area contributed by atoms with Crippen LogP contribution < -0.4 is 0 Å². The van der Waals surface area contributed by atoms with Gasteiger partial charge in [-0.05, 0) is 72.6 Å². The number of hydrogen-bond acceptors (Lipinski definition) is 6. The van der Waals surface area contributed by atoms with Crippen LogP contribution in [0.5, 0.6) is 5.75 Å². The molecule has 5 nitrogen and oxygen atoms in total. The number of aromatic hydroxyl groups is 1. The van der Waals surface area contributed by atoms with E-state index in [2.05, 4.69) is 15.0 Å². The number of phenolic OH excluding ortho intramolecular Hbond substituents is 1. The fraction of sp³-hybridized carbons (Fsp3) is 0.100. The summed E-state index contributed by atoms with van der Waals surface area (Å²) in [6, 6.07) is 13.1.